The third kappa shape index (κ3) is 1.63. The molecule has 1 aromatic heterocycles. The molecule has 2 aromatic carbocycles. The predicted molar refractivity (Wildman–Crippen MR) is 70.8 cm³/mol. The van der Waals surface area contributed by atoms with Gasteiger partial charge in [0.05, 0.1) is 0 Å². The van der Waals surface area contributed by atoms with Gasteiger partial charge in [-0.05, 0) is 13.0 Å². The standard InChI is InChI=1S/C16H12O2/c1-11-13-9-5-6-10-14(13)18-16(11)15(17)12-7-3-2-4-8-12/h2-10H,1H3. The van der Waals surface area contributed by atoms with E-state index in [1.54, 1.807) is 12.1 Å². The number of ketones is 1. The zero-order valence-corrected chi connectivity index (χ0v) is 10.0. The molecule has 0 amide bonds. The average molecular weight is 236 g/mol. The van der Waals surface area contributed by atoms with Crippen LogP contribution in [0.5, 0.6) is 0 Å². The molecule has 0 unspecified atom stereocenters. The van der Waals surface area contributed by atoms with Crippen molar-refractivity contribution in [3.05, 3.63) is 71.5 Å². The highest BCUT2D eigenvalue weighted by molar-refractivity contribution is 6.10. The maximum Gasteiger partial charge on any atom is 0.228 e. The lowest BCUT2D eigenvalue weighted by molar-refractivity contribution is 0.101. The third-order valence-electron chi connectivity index (χ3n) is 3.09. The summed E-state index contributed by atoms with van der Waals surface area (Å²) in [6.07, 6.45) is 0. The Morgan fingerprint density at radius 3 is 2.33 bits per heavy atom. The quantitative estimate of drug-likeness (QED) is 0.630. The summed E-state index contributed by atoms with van der Waals surface area (Å²) >= 11 is 0. The number of carbonyl (C=O) groups is 1. The lowest BCUT2D eigenvalue weighted by atomic mass is 10.1. The van der Waals surface area contributed by atoms with Gasteiger partial charge in [-0.25, -0.2) is 0 Å². The fourth-order valence-corrected chi connectivity index (χ4v) is 2.11. The lowest BCUT2D eigenvalue weighted by Gasteiger charge is -1.97. The van der Waals surface area contributed by atoms with Crippen LogP contribution in [0, 0.1) is 6.92 Å². The highest BCUT2D eigenvalue weighted by Crippen LogP contribution is 2.26. The number of hydrogen-bond donors (Lipinski definition) is 0. The van der Waals surface area contributed by atoms with E-state index in [9.17, 15) is 4.79 Å². The van der Waals surface area contributed by atoms with E-state index in [1.165, 1.54) is 0 Å². The molecule has 0 fully saturated rings. The number of hydrogen-bond acceptors (Lipinski definition) is 2. The number of carbonyl (C=O) groups excluding carboxylic acids is 1. The molecule has 0 aliphatic carbocycles. The number of benzene rings is 2. The molecular formula is C16H12O2. The maximum atomic E-state index is 12.3. The molecule has 88 valence electrons. The van der Waals surface area contributed by atoms with Crippen molar-refractivity contribution in [1.29, 1.82) is 0 Å². The summed E-state index contributed by atoms with van der Waals surface area (Å²) in [6, 6.07) is 16.9. The van der Waals surface area contributed by atoms with Gasteiger partial charge >= 0.3 is 0 Å². The Balaban J connectivity index is 2.15. The second kappa shape index (κ2) is 4.15. The molecule has 0 aliphatic rings. The van der Waals surface area contributed by atoms with Crippen LogP contribution >= 0.6 is 0 Å². The number of rotatable bonds is 2. The monoisotopic (exact) mass is 236 g/mol. The Bertz CT molecular complexity index is 708. The van der Waals surface area contributed by atoms with E-state index in [1.807, 2.05) is 49.4 Å². The highest BCUT2D eigenvalue weighted by Gasteiger charge is 2.18. The van der Waals surface area contributed by atoms with Gasteiger partial charge in [0.2, 0.25) is 5.78 Å². The molecule has 0 radical (unpaired) electrons. The summed E-state index contributed by atoms with van der Waals surface area (Å²) in [5.41, 5.74) is 2.31. The summed E-state index contributed by atoms with van der Waals surface area (Å²) in [5, 5.41) is 0.997. The summed E-state index contributed by atoms with van der Waals surface area (Å²) in [6.45, 7) is 1.92. The zero-order chi connectivity index (χ0) is 12.5. The normalized spacial score (nSPS) is 10.7. The van der Waals surface area contributed by atoms with Gasteiger partial charge in [-0.3, -0.25) is 4.79 Å². The van der Waals surface area contributed by atoms with Crippen molar-refractivity contribution in [2.24, 2.45) is 0 Å². The van der Waals surface area contributed by atoms with E-state index in [-0.39, 0.29) is 5.78 Å². The predicted octanol–water partition coefficient (Wildman–Crippen LogP) is 3.97. The van der Waals surface area contributed by atoms with Crippen LogP contribution in [-0.2, 0) is 0 Å². The van der Waals surface area contributed by atoms with Crippen molar-refractivity contribution < 1.29 is 9.21 Å². The number of furan rings is 1. The Kier molecular flexibility index (Phi) is 2.49. The van der Waals surface area contributed by atoms with Crippen LogP contribution in [0.25, 0.3) is 11.0 Å². The molecule has 2 nitrogen and oxygen atoms in total. The zero-order valence-electron chi connectivity index (χ0n) is 10.0. The first-order valence-electron chi connectivity index (χ1n) is 5.85. The molecule has 18 heavy (non-hydrogen) atoms. The first-order valence-corrected chi connectivity index (χ1v) is 5.85. The van der Waals surface area contributed by atoms with Crippen molar-refractivity contribution in [2.75, 3.05) is 0 Å². The van der Waals surface area contributed by atoms with Gasteiger partial charge < -0.3 is 4.42 Å². The van der Waals surface area contributed by atoms with Crippen molar-refractivity contribution in [3.8, 4) is 0 Å². The molecule has 0 bridgehead atoms. The van der Waals surface area contributed by atoms with E-state index in [0.29, 0.717) is 11.3 Å². The third-order valence-corrected chi connectivity index (χ3v) is 3.09. The van der Waals surface area contributed by atoms with E-state index in [4.69, 9.17) is 4.42 Å². The topological polar surface area (TPSA) is 30.2 Å². The van der Waals surface area contributed by atoms with Gasteiger partial charge in [0, 0.05) is 16.5 Å². The van der Waals surface area contributed by atoms with E-state index >= 15 is 0 Å². The average Bonchev–Trinajstić information content (AvgIpc) is 2.77. The van der Waals surface area contributed by atoms with Crippen LogP contribution in [0.2, 0.25) is 0 Å². The fourth-order valence-electron chi connectivity index (χ4n) is 2.11. The highest BCUT2D eigenvalue weighted by atomic mass is 16.3. The largest absolute Gasteiger partial charge is 0.452 e. The minimum absolute atomic E-state index is 0.0655. The Morgan fingerprint density at radius 2 is 1.61 bits per heavy atom. The minimum Gasteiger partial charge on any atom is -0.452 e. The molecule has 3 rings (SSSR count). The van der Waals surface area contributed by atoms with Gasteiger partial charge in [-0.2, -0.15) is 0 Å². The molecular weight excluding hydrogens is 224 g/mol. The molecule has 0 saturated carbocycles. The van der Waals surface area contributed by atoms with E-state index in [2.05, 4.69) is 0 Å². The molecule has 0 N–H and O–H groups in total. The Labute approximate surface area is 105 Å². The van der Waals surface area contributed by atoms with Crippen LogP contribution in [-0.4, -0.2) is 5.78 Å². The maximum absolute atomic E-state index is 12.3. The first-order chi connectivity index (χ1) is 8.77. The molecule has 0 saturated heterocycles. The SMILES string of the molecule is Cc1c(C(=O)c2ccccc2)oc2ccccc12. The van der Waals surface area contributed by atoms with Gasteiger partial charge in [0.25, 0.3) is 0 Å². The summed E-state index contributed by atoms with van der Waals surface area (Å²) in [5.74, 6) is 0.367. The second-order valence-corrected chi connectivity index (χ2v) is 4.25. The summed E-state index contributed by atoms with van der Waals surface area (Å²) < 4.78 is 5.67. The van der Waals surface area contributed by atoms with Crippen molar-refractivity contribution in [1.82, 2.24) is 0 Å². The number of aryl methyl sites for hydroxylation is 1. The molecule has 0 aliphatic heterocycles. The van der Waals surface area contributed by atoms with Crippen LogP contribution < -0.4 is 0 Å². The molecule has 0 atom stereocenters. The molecule has 0 spiro atoms. The van der Waals surface area contributed by atoms with Gasteiger partial charge in [0.15, 0.2) is 5.76 Å². The smallest absolute Gasteiger partial charge is 0.228 e. The fraction of sp³-hybridized carbons (Fsp3) is 0.0625. The molecule has 3 aromatic rings. The van der Waals surface area contributed by atoms with Crippen molar-refractivity contribution in [2.45, 2.75) is 6.92 Å². The van der Waals surface area contributed by atoms with Crippen molar-refractivity contribution in [3.63, 3.8) is 0 Å². The number of fused-ring (bicyclic) bond motifs is 1. The second-order valence-electron chi connectivity index (χ2n) is 4.25. The minimum atomic E-state index is -0.0655. The van der Waals surface area contributed by atoms with Gasteiger partial charge in [-0.1, -0.05) is 48.5 Å². The Morgan fingerprint density at radius 1 is 0.944 bits per heavy atom. The van der Waals surface area contributed by atoms with E-state index < -0.39 is 0 Å². The van der Waals surface area contributed by atoms with Crippen LogP contribution in [0.4, 0.5) is 0 Å². The lowest BCUT2D eigenvalue weighted by Crippen LogP contribution is -2.00. The van der Waals surface area contributed by atoms with Crippen LogP contribution in [0.15, 0.2) is 59.0 Å². The molecule has 2 heteroatoms. The van der Waals surface area contributed by atoms with Gasteiger partial charge in [-0.15, -0.1) is 0 Å². The Hall–Kier alpha value is -2.35. The molecule has 1 heterocycles. The summed E-state index contributed by atoms with van der Waals surface area (Å²) in [4.78, 5) is 12.3. The first kappa shape index (κ1) is 10.8. The van der Waals surface area contributed by atoms with Crippen LogP contribution in [0.1, 0.15) is 21.7 Å². The number of para-hydroxylation sites is 1. The van der Waals surface area contributed by atoms with Crippen molar-refractivity contribution >= 4 is 16.8 Å². The van der Waals surface area contributed by atoms with E-state index in [0.717, 1.165) is 16.5 Å². The summed E-state index contributed by atoms with van der Waals surface area (Å²) in [7, 11) is 0. The van der Waals surface area contributed by atoms with Crippen LogP contribution in [0.3, 0.4) is 0 Å². The van der Waals surface area contributed by atoms with Gasteiger partial charge in [0.1, 0.15) is 5.58 Å².